The molecule has 1 heterocycles. The monoisotopic (exact) mass is 526 g/mol. The zero-order chi connectivity index (χ0) is 25.5. The van der Waals surface area contributed by atoms with Gasteiger partial charge in [-0.2, -0.15) is 5.21 Å². The summed E-state index contributed by atoms with van der Waals surface area (Å²) < 4.78 is 26.0. The van der Waals surface area contributed by atoms with Crippen molar-refractivity contribution >= 4 is 33.3 Å². The van der Waals surface area contributed by atoms with Crippen LogP contribution in [0, 0.1) is 0 Å². The van der Waals surface area contributed by atoms with Crippen molar-refractivity contribution in [3.63, 3.8) is 0 Å². The molecule has 36 heavy (non-hydrogen) atoms. The van der Waals surface area contributed by atoms with E-state index in [9.17, 15) is 18.3 Å². The number of aromatic nitrogens is 4. The molecule has 1 atom stereocenters. The third kappa shape index (κ3) is 6.32. The van der Waals surface area contributed by atoms with Gasteiger partial charge in [0.25, 0.3) is 11.9 Å². The first-order chi connectivity index (χ1) is 17.3. The Morgan fingerprint density at radius 3 is 2.36 bits per heavy atom. The fourth-order valence-corrected chi connectivity index (χ4v) is 4.91. The van der Waals surface area contributed by atoms with Crippen LogP contribution in [0.15, 0.2) is 82.6 Å². The molecule has 12 heteroatoms. The number of sulfone groups is 1. The predicted molar refractivity (Wildman–Crippen MR) is 133 cm³/mol. The van der Waals surface area contributed by atoms with Crippen molar-refractivity contribution in [3.05, 3.63) is 94.5 Å². The molecule has 10 nitrogen and oxygen atoms in total. The molecule has 0 saturated carbocycles. The number of rotatable bonds is 10. The number of hydrogen-bond donors (Lipinski definition) is 4. The summed E-state index contributed by atoms with van der Waals surface area (Å²) in [5, 5.41) is 29.3. The van der Waals surface area contributed by atoms with Crippen LogP contribution < -0.4 is 10.6 Å². The molecule has 3 aromatic carbocycles. The third-order valence-corrected chi connectivity index (χ3v) is 7.41. The summed E-state index contributed by atoms with van der Waals surface area (Å²) in [6.07, 6.45) is -0.0140. The Bertz CT molecular complexity index is 1410. The molecule has 0 aliphatic heterocycles. The Morgan fingerprint density at radius 2 is 1.72 bits per heavy atom. The van der Waals surface area contributed by atoms with E-state index in [2.05, 4.69) is 31.3 Å². The van der Waals surface area contributed by atoms with Crippen LogP contribution in [0.4, 0.5) is 5.95 Å². The van der Waals surface area contributed by atoms with E-state index >= 15 is 0 Å². The fourth-order valence-electron chi connectivity index (χ4n) is 3.45. The molecular formula is C24H23ClN6O4S. The second-order valence-electron chi connectivity index (χ2n) is 7.89. The van der Waals surface area contributed by atoms with Crippen molar-refractivity contribution < 1.29 is 18.3 Å². The highest BCUT2D eigenvalue weighted by atomic mass is 35.5. The van der Waals surface area contributed by atoms with Crippen molar-refractivity contribution in [1.29, 1.82) is 0 Å². The van der Waals surface area contributed by atoms with Gasteiger partial charge in [-0.25, -0.2) is 8.42 Å². The van der Waals surface area contributed by atoms with Gasteiger partial charge in [-0.05, 0) is 77.8 Å². The maximum atomic E-state index is 13.0. The van der Waals surface area contributed by atoms with E-state index in [4.69, 9.17) is 11.6 Å². The van der Waals surface area contributed by atoms with Crippen LogP contribution in [-0.2, 0) is 16.3 Å². The number of aliphatic hydroxyl groups is 1. The van der Waals surface area contributed by atoms with Gasteiger partial charge in [0.15, 0.2) is 0 Å². The van der Waals surface area contributed by atoms with Crippen LogP contribution in [0.3, 0.4) is 0 Å². The summed E-state index contributed by atoms with van der Waals surface area (Å²) >= 11 is 5.96. The number of benzene rings is 3. The highest BCUT2D eigenvalue weighted by Gasteiger charge is 2.18. The van der Waals surface area contributed by atoms with Crippen LogP contribution in [0.5, 0.6) is 0 Å². The highest BCUT2D eigenvalue weighted by molar-refractivity contribution is 7.91. The zero-order valence-corrected chi connectivity index (χ0v) is 20.5. The number of anilines is 1. The normalized spacial score (nSPS) is 12.3. The standard InChI is InChI=1S/C24H23ClN6O4S/c25-19-3-1-2-18(14-19)22(32)15-26-13-12-16-4-8-20(9-5-16)36(34,35)21-10-6-17(7-11-21)23(33)27-24-28-30-31-29-24/h1-11,14,22,26,32H,12-13,15H2,(H2,27,28,29,30,31,33)/t22-/m0/s1. The molecule has 0 fully saturated rings. The first-order valence-corrected chi connectivity index (χ1v) is 12.8. The van der Waals surface area contributed by atoms with E-state index in [0.29, 0.717) is 24.5 Å². The number of nitrogens with one attached hydrogen (secondary N) is 3. The number of aliphatic hydroxyl groups excluding tert-OH is 1. The minimum atomic E-state index is -3.75. The lowest BCUT2D eigenvalue weighted by Crippen LogP contribution is -2.23. The van der Waals surface area contributed by atoms with Crippen molar-refractivity contribution in [2.75, 3.05) is 18.4 Å². The molecule has 4 aromatic rings. The highest BCUT2D eigenvalue weighted by Crippen LogP contribution is 2.22. The van der Waals surface area contributed by atoms with Crippen LogP contribution in [0.1, 0.15) is 27.6 Å². The maximum Gasteiger partial charge on any atom is 0.270 e. The van der Waals surface area contributed by atoms with Gasteiger partial charge in [-0.1, -0.05) is 41.0 Å². The number of carbonyl (C=O) groups is 1. The molecule has 4 N–H and O–H groups in total. The summed E-state index contributed by atoms with van der Waals surface area (Å²) in [5.74, 6) is -0.470. The fraction of sp³-hybridized carbons (Fsp3) is 0.167. The summed E-state index contributed by atoms with van der Waals surface area (Å²) in [6, 6.07) is 19.3. The number of nitrogens with zero attached hydrogens (tertiary/aromatic N) is 3. The van der Waals surface area contributed by atoms with Gasteiger partial charge in [-0.15, -0.1) is 5.10 Å². The summed E-state index contributed by atoms with van der Waals surface area (Å²) in [7, 11) is -3.75. The molecular weight excluding hydrogens is 504 g/mol. The average Bonchev–Trinajstić information content (AvgIpc) is 3.40. The van der Waals surface area contributed by atoms with E-state index in [1.165, 1.54) is 24.3 Å². The molecule has 0 spiro atoms. The second-order valence-corrected chi connectivity index (χ2v) is 10.3. The second kappa shape index (κ2) is 11.4. The number of aromatic amines is 1. The zero-order valence-electron chi connectivity index (χ0n) is 18.9. The summed E-state index contributed by atoms with van der Waals surface area (Å²) in [6.45, 7) is 0.979. The smallest absolute Gasteiger partial charge is 0.270 e. The van der Waals surface area contributed by atoms with E-state index in [1.54, 1.807) is 42.5 Å². The lowest BCUT2D eigenvalue weighted by molar-refractivity contribution is 0.102. The Hall–Kier alpha value is -3.64. The van der Waals surface area contributed by atoms with E-state index in [0.717, 1.165) is 11.1 Å². The quantitative estimate of drug-likeness (QED) is 0.230. The number of halogens is 1. The van der Waals surface area contributed by atoms with Gasteiger partial charge in [0.05, 0.1) is 15.9 Å². The first kappa shape index (κ1) is 25.5. The third-order valence-electron chi connectivity index (χ3n) is 5.39. The van der Waals surface area contributed by atoms with Gasteiger partial charge in [0, 0.05) is 17.1 Å². The van der Waals surface area contributed by atoms with E-state index in [-0.39, 0.29) is 21.3 Å². The predicted octanol–water partition coefficient (Wildman–Crippen LogP) is 2.80. The molecule has 186 valence electrons. The Kier molecular flexibility index (Phi) is 8.06. The minimum absolute atomic E-state index is 0.0178. The Labute approximate surface area is 212 Å². The van der Waals surface area contributed by atoms with Crippen molar-refractivity contribution in [3.8, 4) is 0 Å². The molecule has 0 aliphatic carbocycles. The largest absolute Gasteiger partial charge is 0.387 e. The van der Waals surface area contributed by atoms with Crippen LogP contribution in [0.2, 0.25) is 5.02 Å². The van der Waals surface area contributed by atoms with E-state index in [1.807, 2.05) is 6.07 Å². The lowest BCUT2D eigenvalue weighted by Gasteiger charge is -2.13. The molecule has 0 aliphatic rings. The Morgan fingerprint density at radius 1 is 1.03 bits per heavy atom. The van der Waals surface area contributed by atoms with Crippen molar-refractivity contribution in [1.82, 2.24) is 25.9 Å². The topological polar surface area (TPSA) is 150 Å². The SMILES string of the molecule is O=C(Nc1nn[nH]n1)c1ccc(S(=O)(=O)c2ccc(CCNC[C@H](O)c3cccc(Cl)c3)cc2)cc1. The first-order valence-electron chi connectivity index (χ1n) is 11.0. The van der Waals surface area contributed by atoms with Crippen LogP contribution in [0.25, 0.3) is 0 Å². The average molecular weight is 527 g/mol. The molecule has 1 amide bonds. The number of tetrazole rings is 1. The van der Waals surface area contributed by atoms with E-state index < -0.39 is 21.8 Å². The molecule has 0 bridgehead atoms. The van der Waals surface area contributed by atoms with Gasteiger partial charge >= 0.3 is 0 Å². The number of carbonyl (C=O) groups excluding carboxylic acids is 1. The van der Waals surface area contributed by atoms with Gasteiger partial charge in [-0.3, -0.25) is 10.1 Å². The molecule has 0 saturated heterocycles. The molecule has 0 unspecified atom stereocenters. The van der Waals surface area contributed by atoms with Crippen molar-refractivity contribution in [2.24, 2.45) is 0 Å². The Balaban J connectivity index is 1.31. The van der Waals surface area contributed by atoms with Gasteiger partial charge < -0.3 is 10.4 Å². The minimum Gasteiger partial charge on any atom is -0.387 e. The maximum absolute atomic E-state index is 13.0. The van der Waals surface area contributed by atoms with Gasteiger partial charge in [0.2, 0.25) is 9.84 Å². The number of amides is 1. The lowest BCUT2D eigenvalue weighted by atomic mass is 10.1. The summed E-state index contributed by atoms with van der Waals surface area (Å²) in [4.78, 5) is 12.4. The number of hydrogen-bond acceptors (Lipinski definition) is 8. The molecule has 1 aromatic heterocycles. The molecule has 0 radical (unpaired) electrons. The number of H-pyrrole nitrogens is 1. The van der Waals surface area contributed by atoms with Crippen LogP contribution >= 0.6 is 11.6 Å². The summed E-state index contributed by atoms with van der Waals surface area (Å²) in [5.41, 5.74) is 1.94. The van der Waals surface area contributed by atoms with Crippen LogP contribution in [-0.4, -0.2) is 53.1 Å². The van der Waals surface area contributed by atoms with Gasteiger partial charge in [0.1, 0.15) is 0 Å². The molecule has 4 rings (SSSR count). The van der Waals surface area contributed by atoms with Crippen molar-refractivity contribution in [2.45, 2.75) is 22.3 Å².